The van der Waals surface area contributed by atoms with Crippen LogP contribution in [0.1, 0.15) is 16.8 Å². The van der Waals surface area contributed by atoms with Gasteiger partial charge in [0.25, 0.3) is 0 Å². The summed E-state index contributed by atoms with van der Waals surface area (Å²) >= 11 is 3.54. The van der Waals surface area contributed by atoms with E-state index >= 15 is 0 Å². The molecular weight excluding hydrogens is 390 g/mol. The molecule has 0 aliphatic carbocycles. The molecule has 2 heterocycles. The molecule has 0 atom stereocenters. The number of anilines is 1. The lowest BCUT2D eigenvalue weighted by Gasteiger charge is -2.23. The van der Waals surface area contributed by atoms with Crippen LogP contribution in [0.2, 0.25) is 0 Å². The average molecular weight is 406 g/mol. The average Bonchev–Trinajstić information content (AvgIpc) is 2.80. The zero-order chi connectivity index (χ0) is 17.9. The molecule has 4 nitrogen and oxygen atoms in total. The summed E-state index contributed by atoms with van der Waals surface area (Å²) in [5.41, 5.74) is 4.34. The van der Waals surface area contributed by atoms with Gasteiger partial charge in [-0.15, -0.1) is 0 Å². The molecule has 128 valence electrons. The SMILES string of the molecule is O=C1CN=C(c2ccccn2)c2cc(Br)ccc2N1Cc1ccccc1. The first-order valence-electron chi connectivity index (χ1n) is 8.32. The Morgan fingerprint density at radius 3 is 2.58 bits per heavy atom. The summed E-state index contributed by atoms with van der Waals surface area (Å²) in [5.74, 6) is -0.0247. The molecule has 1 aromatic heterocycles. The Morgan fingerprint density at radius 2 is 1.81 bits per heavy atom. The number of halogens is 1. The summed E-state index contributed by atoms with van der Waals surface area (Å²) in [5, 5.41) is 0. The molecule has 0 radical (unpaired) electrons. The second kappa shape index (κ2) is 7.22. The summed E-state index contributed by atoms with van der Waals surface area (Å²) in [4.78, 5) is 23.7. The van der Waals surface area contributed by atoms with Crippen molar-refractivity contribution in [3.63, 3.8) is 0 Å². The number of nitrogens with zero attached hydrogens (tertiary/aromatic N) is 3. The van der Waals surface area contributed by atoms with E-state index in [-0.39, 0.29) is 12.5 Å². The van der Waals surface area contributed by atoms with Gasteiger partial charge in [0.2, 0.25) is 5.91 Å². The molecule has 0 spiro atoms. The lowest BCUT2D eigenvalue weighted by atomic mass is 10.0. The van der Waals surface area contributed by atoms with E-state index < -0.39 is 0 Å². The Labute approximate surface area is 160 Å². The minimum absolute atomic E-state index is 0.0247. The van der Waals surface area contributed by atoms with Crippen molar-refractivity contribution in [3.8, 4) is 0 Å². The van der Waals surface area contributed by atoms with E-state index in [0.29, 0.717) is 6.54 Å². The smallest absolute Gasteiger partial charge is 0.248 e. The highest BCUT2D eigenvalue weighted by Crippen LogP contribution is 2.30. The van der Waals surface area contributed by atoms with E-state index in [1.807, 2.05) is 66.7 Å². The third-order valence-electron chi connectivity index (χ3n) is 4.27. The van der Waals surface area contributed by atoms with Crippen molar-refractivity contribution in [1.82, 2.24) is 4.98 Å². The van der Waals surface area contributed by atoms with E-state index in [1.54, 1.807) is 11.1 Å². The first-order chi connectivity index (χ1) is 12.7. The van der Waals surface area contributed by atoms with Crippen LogP contribution in [0.5, 0.6) is 0 Å². The first kappa shape index (κ1) is 16.7. The predicted octanol–water partition coefficient (Wildman–Crippen LogP) is 4.23. The number of rotatable bonds is 3. The summed E-state index contributed by atoms with van der Waals surface area (Å²) in [6.07, 6.45) is 1.74. The molecule has 1 aliphatic heterocycles. The van der Waals surface area contributed by atoms with Crippen molar-refractivity contribution in [3.05, 3.63) is 94.2 Å². The van der Waals surface area contributed by atoms with E-state index in [0.717, 1.165) is 32.7 Å². The number of carbonyl (C=O) groups excluding carboxylic acids is 1. The number of carbonyl (C=O) groups is 1. The van der Waals surface area contributed by atoms with Crippen molar-refractivity contribution < 1.29 is 4.79 Å². The van der Waals surface area contributed by atoms with Crippen LogP contribution in [0, 0.1) is 0 Å². The van der Waals surface area contributed by atoms with Crippen LogP contribution < -0.4 is 4.90 Å². The Bertz CT molecular complexity index is 971. The number of benzodiazepines with no additional fused rings is 1. The van der Waals surface area contributed by atoms with Gasteiger partial charge < -0.3 is 4.90 Å². The Morgan fingerprint density at radius 1 is 1.00 bits per heavy atom. The Kier molecular flexibility index (Phi) is 4.63. The van der Waals surface area contributed by atoms with E-state index in [9.17, 15) is 4.79 Å². The zero-order valence-corrected chi connectivity index (χ0v) is 15.6. The van der Waals surface area contributed by atoms with Gasteiger partial charge in [-0.2, -0.15) is 0 Å². The van der Waals surface area contributed by atoms with Crippen LogP contribution >= 0.6 is 15.9 Å². The molecule has 1 aliphatic rings. The molecule has 26 heavy (non-hydrogen) atoms. The number of aromatic nitrogens is 1. The van der Waals surface area contributed by atoms with Crippen LogP contribution in [0.15, 0.2) is 82.4 Å². The third-order valence-corrected chi connectivity index (χ3v) is 4.76. The number of aliphatic imine (C=N–C) groups is 1. The van der Waals surface area contributed by atoms with Gasteiger partial charge in [0.1, 0.15) is 6.54 Å². The maximum absolute atomic E-state index is 12.8. The third kappa shape index (κ3) is 3.30. The molecular formula is C21H16BrN3O. The first-order valence-corrected chi connectivity index (χ1v) is 9.12. The standard InChI is InChI=1S/C21H16BrN3O/c22-16-9-10-19-17(12-16)21(18-8-4-5-11-23-18)24-13-20(26)25(19)14-15-6-2-1-3-7-15/h1-12H,13-14H2. The van der Waals surface area contributed by atoms with E-state index in [4.69, 9.17) is 0 Å². The van der Waals surface area contributed by atoms with Gasteiger partial charge in [-0.1, -0.05) is 52.3 Å². The molecule has 0 bridgehead atoms. The monoisotopic (exact) mass is 405 g/mol. The number of fused-ring (bicyclic) bond motifs is 1. The van der Waals surface area contributed by atoms with Gasteiger partial charge in [-0.3, -0.25) is 14.8 Å². The molecule has 0 saturated carbocycles. The minimum atomic E-state index is -0.0247. The highest BCUT2D eigenvalue weighted by molar-refractivity contribution is 9.10. The molecule has 2 aromatic carbocycles. The fraction of sp³-hybridized carbons (Fsp3) is 0.0952. The summed E-state index contributed by atoms with van der Waals surface area (Å²) in [6, 6.07) is 21.6. The highest BCUT2D eigenvalue weighted by Gasteiger charge is 2.25. The fourth-order valence-electron chi connectivity index (χ4n) is 3.05. The minimum Gasteiger partial charge on any atom is -0.306 e. The van der Waals surface area contributed by atoms with Gasteiger partial charge in [-0.05, 0) is 35.9 Å². The van der Waals surface area contributed by atoms with Crippen molar-refractivity contribution in [1.29, 1.82) is 0 Å². The largest absolute Gasteiger partial charge is 0.306 e. The van der Waals surface area contributed by atoms with Crippen LogP contribution in [0.25, 0.3) is 0 Å². The lowest BCUT2D eigenvalue weighted by molar-refractivity contribution is -0.117. The predicted molar refractivity (Wildman–Crippen MR) is 107 cm³/mol. The second-order valence-electron chi connectivity index (χ2n) is 6.01. The summed E-state index contributed by atoms with van der Waals surface area (Å²) < 4.78 is 0.939. The van der Waals surface area contributed by atoms with Crippen LogP contribution in [0.4, 0.5) is 5.69 Å². The summed E-state index contributed by atoms with van der Waals surface area (Å²) in [7, 11) is 0. The molecule has 5 heteroatoms. The van der Waals surface area contributed by atoms with Gasteiger partial charge in [0.15, 0.2) is 0 Å². The van der Waals surface area contributed by atoms with Crippen molar-refractivity contribution in [2.45, 2.75) is 6.54 Å². The van der Waals surface area contributed by atoms with Crippen LogP contribution in [-0.4, -0.2) is 23.1 Å². The number of benzene rings is 2. The normalized spacial score (nSPS) is 13.8. The molecule has 0 saturated heterocycles. The fourth-order valence-corrected chi connectivity index (χ4v) is 3.41. The van der Waals surface area contributed by atoms with Gasteiger partial charge >= 0.3 is 0 Å². The zero-order valence-electron chi connectivity index (χ0n) is 14.0. The number of hydrogen-bond acceptors (Lipinski definition) is 3. The molecule has 0 fully saturated rings. The second-order valence-corrected chi connectivity index (χ2v) is 6.92. The van der Waals surface area contributed by atoms with E-state index in [2.05, 4.69) is 25.9 Å². The number of pyridine rings is 1. The maximum Gasteiger partial charge on any atom is 0.248 e. The van der Waals surface area contributed by atoms with Gasteiger partial charge in [0, 0.05) is 16.2 Å². The topological polar surface area (TPSA) is 45.6 Å². The molecule has 1 amide bonds. The Balaban J connectivity index is 1.83. The van der Waals surface area contributed by atoms with Crippen molar-refractivity contribution in [2.24, 2.45) is 4.99 Å². The van der Waals surface area contributed by atoms with Gasteiger partial charge in [-0.25, -0.2) is 0 Å². The van der Waals surface area contributed by atoms with Crippen molar-refractivity contribution in [2.75, 3.05) is 11.4 Å². The molecule has 0 unspecified atom stereocenters. The lowest BCUT2D eigenvalue weighted by Crippen LogP contribution is -2.31. The highest BCUT2D eigenvalue weighted by atomic mass is 79.9. The van der Waals surface area contributed by atoms with Gasteiger partial charge in [0.05, 0.1) is 23.6 Å². The van der Waals surface area contributed by atoms with Crippen LogP contribution in [-0.2, 0) is 11.3 Å². The quantitative estimate of drug-likeness (QED) is 0.654. The summed E-state index contributed by atoms with van der Waals surface area (Å²) in [6.45, 7) is 0.615. The molecule has 3 aromatic rings. The number of hydrogen-bond donors (Lipinski definition) is 0. The molecule has 4 rings (SSSR count). The maximum atomic E-state index is 12.8. The molecule has 0 N–H and O–H groups in total. The van der Waals surface area contributed by atoms with Crippen LogP contribution in [0.3, 0.4) is 0 Å². The van der Waals surface area contributed by atoms with Crippen molar-refractivity contribution >= 4 is 33.2 Å². The number of amides is 1. The Hall–Kier alpha value is -2.79. The van der Waals surface area contributed by atoms with E-state index in [1.165, 1.54) is 0 Å².